The smallest absolute Gasteiger partial charge is 0.0525 e. The van der Waals surface area contributed by atoms with Crippen molar-refractivity contribution in [3.05, 3.63) is 46.2 Å². The maximum Gasteiger partial charge on any atom is 0.0525 e. The normalized spacial score (nSPS) is 18.1. The van der Waals surface area contributed by atoms with Crippen LogP contribution in [0.5, 0.6) is 0 Å². The Hall–Kier alpha value is -0.930. The van der Waals surface area contributed by atoms with Gasteiger partial charge < -0.3 is 5.32 Å². The van der Waals surface area contributed by atoms with Crippen LogP contribution in [-0.4, -0.2) is 5.75 Å². The largest absolute Gasteiger partial charge is 0.377 e. The summed E-state index contributed by atoms with van der Waals surface area (Å²) in [6.07, 6.45) is 3.81. The molecule has 0 fully saturated rings. The zero-order valence-electron chi connectivity index (χ0n) is 11.2. The second-order valence-corrected chi connectivity index (χ2v) is 7.12. The van der Waals surface area contributed by atoms with Gasteiger partial charge in [0, 0.05) is 15.5 Å². The lowest BCUT2D eigenvalue weighted by Gasteiger charge is -2.25. The molecule has 0 spiro atoms. The third kappa shape index (κ3) is 2.82. The highest BCUT2D eigenvalue weighted by atomic mass is 32.2. The summed E-state index contributed by atoms with van der Waals surface area (Å²) in [5.41, 5.74) is 2.81. The van der Waals surface area contributed by atoms with E-state index in [4.69, 9.17) is 0 Å². The van der Waals surface area contributed by atoms with E-state index in [0.717, 1.165) is 5.75 Å². The fourth-order valence-corrected chi connectivity index (χ4v) is 4.45. The van der Waals surface area contributed by atoms with Crippen LogP contribution in [0.4, 0.5) is 5.69 Å². The molecule has 100 valence electrons. The van der Waals surface area contributed by atoms with Crippen molar-refractivity contribution < 1.29 is 0 Å². The van der Waals surface area contributed by atoms with Gasteiger partial charge in [-0.15, -0.1) is 23.1 Å². The van der Waals surface area contributed by atoms with Crippen LogP contribution >= 0.6 is 23.1 Å². The number of para-hydroxylation sites is 1. The summed E-state index contributed by atoms with van der Waals surface area (Å²) in [7, 11) is 0. The van der Waals surface area contributed by atoms with E-state index in [2.05, 4.69) is 48.0 Å². The molecule has 0 amide bonds. The topological polar surface area (TPSA) is 12.0 Å². The lowest BCUT2D eigenvalue weighted by Crippen LogP contribution is -2.16. The second kappa shape index (κ2) is 6.02. The van der Waals surface area contributed by atoms with E-state index in [1.807, 2.05) is 23.1 Å². The highest BCUT2D eigenvalue weighted by molar-refractivity contribution is 7.99. The molecule has 0 saturated heterocycles. The molecule has 0 radical (unpaired) electrons. The van der Waals surface area contributed by atoms with Crippen LogP contribution in [0.15, 0.2) is 40.6 Å². The number of aryl methyl sites for hydroxylation is 1. The molecular formula is C16H19NS2. The van der Waals surface area contributed by atoms with Crippen molar-refractivity contribution in [3.8, 4) is 0 Å². The zero-order chi connectivity index (χ0) is 13.1. The van der Waals surface area contributed by atoms with E-state index in [-0.39, 0.29) is 0 Å². The summed E-state index contributed by atoms with van der Waals surface area (Å²) in [4.78, 5) is 2.94. The predicted molar refractivity (Wildman–Crippen MR) is 86.5 cm³/mol. The summed E-state index contributed by atoms with van der Waals surface area (Å²) < 4.78 is 0. The molecule has 1 heterocycles. The Kier molecular flexibility index (Phi) is 4.14. The van der Waals surface area contributed by atoms with Crippen molar-refractivity contribution in [1.29, 1.82) is 0 Å². The lowest BCUT2D eigenvalue weighted by atomic mass is 9.94. The molecule has 19 heavy (non-hydrogen) atoms. The van der Waals surface area contributed by atoms with Gasteiger partial charge in [-0.3, -0.25) is 0 Å². The van der Waals surface area contributed by atoms with Crippen molar-refractivity contribution in [3.63, 3.8) is 0 Å². The molecular weight excluding hydrogens is 270 g/mol. The standard InChI is InChI=1S/C16H19NS2/c1-2-18-16-8-4-3-6-14(16)17-13-7-5-9-15-12(13)10-11-19-15/h3-4,6,8,10-11,13,17H,2,5,7,9H2,1H3. The van der Waals surface area contributed by atoms with Gasteiger partial charge in [-0.25, -0.2) is 0 Å². The van der Waals surface area contributed by atoms with Crippen molar-refractivity contribution in [2.24, 2.45) is 0 Å². The number of fused-ring (bicyclic) bond motifs is 1. The van der Waals surface area contributed by atoms with Crippen molar-refractivity contribution in [1.82, 2.24) is 0 Å². The molecule has 2 aromatic rings. The number of anilines is 1. The molecule has 1 N–H and O–H groups in total. The number of hydrogen-bond acceptors (Lipinski definition) is 3. The van der Waals surface area contributed by atoms with Crippen molar-refractivity contribution in [2.75, 3.05) is 11.1 Å². The lowest BCUT2D eigenvalue weighted by molar-refractivity contribution is 0.608. The van der Waals surface area contributed by atoms with Crippen LogP contribution < -0.4 is 5.32 Å². The first-order valence-electron chi connectivity index (χ1n) is 6.93. The number of thiophene rings is 1. The van der Waals surface area contributed by atoms with Gasteiger partial charge in [-0.2, -0.15) is 0 Å². The molecule has 3 rings (SSSR count). The molecule has 0 saturated carbocycles. The van der Waals surface area contributed by atoms with E-state index >= 15 is 0 Å². The average Bonchev–Trinajstić information content (AvgIpc) is 2.91. The Morgan fingerprint density at radius 1 is 1.32 bits per heavy atom. The average molecular weight is 289 g/mol. The van der Waals surface area contributed by atoms with E-state index in [1.165, 1.54) is 35.4 Å². The summed E-state index contributed by atoms with van der Waals surface area (Å²) in [5.74, 6) is 1.12. The highest BCUT2D eigenvalue weighted by Gasteiger charge is 2.21. The first-order chi connectivity index (χ1) is 9.38. The Bertz CT molecular complexity index is 547. The summed E-state index contributed by atoms with van der Waals surface area (Å²) in [6.45, 7) is 2.21. The molecule has 1 nitrogen and oxygen atoms in total. The summed E-state index contributed by atoms with van der Waals surface area (Å²) in [5, 5.41) is 6.00. The molecule has 0 aliphatic heterocycles. The SMILES string of the molecule is CCSc1ccccc1NC1CCCc2sccc21. The highest BCUT2D eigenvalue weighted by Crippen LogP contribution is 2.37. The predicted octanol–water partition coefficient (Wildman–Crippen LogP) is 5.35. The minimum absolute atomic E-state index is 0.494. The number of thioether (sulfide) groups is 1. The third-order valence-electron chi connectivity index (χ3n) is 3.57. The van der Waals surface area contributed by atoms with Gasteiger partial charge in [-0.05, 0) is 54.2 Å². The Morgan fingerprint density at radius 3 is 3.11 bits per heavy atom. The monoisotopic (exact) mass is 289 g/mol. The molecule has 1 aliphatic carbocycles. The van der Waals surface area contributed by atoms with Gasteiger partial charge in [0.25, 0.3) is 0 Å². The van der Waals surface area contributed by atoms with Gasteiger partial charge >= 0.3 is 0 Å². The number of rotatable bonds is 4. The van der Waals surface area contributed by atoms with Crippen LogP contribution in [0.3, 0.4) is 0 Å². The van der Waals surface area contributed by atoms with E-state index in [0.29, 0.717) is 6.04 Å². The van der Waals surface area contributed by atoms with Crippen molar-refractivity contribution >= 4 is 28.8 Å². The summed E-state index contributed by atoms with van der Waals surface area (Å²) in [6, 6.07) is 11.5. The fourth-order valence-electron chi connectivity index (χ4n) is 2.69. The molecule has 1 atom stereocenters. The molecule has 1 unspecified atom stereocenters. The Balaban J connectivity index is 1.83. The van der Waals surface area contributed by atoms with E-state index < -0.39 is 0 Å². The van der Waals surface area contributed by atoms with Crippen LogP contribution in [-0.2, 0) is 6.42 Å². The third-order valence-corrected chi connectivity index (χ3v) is 5.52. The van der Waals surface area contributed by atoms with Crippen LogP contribution in [0.25, 0.3) is 0 Å². The summed E-state index contributed by atoms with van der Waals surface area (Å²) >= 11 is 3.82. The van der Waals surface area contributed by atoms with Crippen LogP contribution in [0, 0.1) is 0 Å². The first-order valence-corrected chi connectivity index (χ1v) is 8.79. The number of nitrogens with one attached hydrogen (secondary N) is 1. The van der Waals surface area contributed by atoms with Crippen LogP contribution in [0.1, 0.15) is 36.2 Å². The Labute approximate surface area is 123 Å². The minimum atomic E-state index is 0.494. The quantitative estimate of drug-likeness (QED) is 0.761. The molecule has 1 aliphatic rings. The Morgan fingerprint density at radius 2 is 2.21 bits per heavy atom. The van der Waals surface area contributed by atoms with E-state index in [1.54, 1.807) is 4.88 Å². The van der Waals surface area contributed by atoms with Gasteiger partial charge in [0.1, 0.15) is 0 Å². The maximum atomic E-state index is 3.76. The number of benzene rings is 1. The number of hydrogen-bond donors (Lipinski definition) is 1. The van der Waals surface area contributed by atoms with Gasteiger partial charge in [-0.1, -0.05) is 19.1 Å². The van der Waals surface area contributed by atoms with Crippen molar-refractivity contribution in [2.45, 2.75) is 37.1 Å². The first kappa shape index (κ1) is 13.1. The maximum absolute atomic E-state index is 3.76. The molecule has 1 aromatic heterocycles. The second-order valence-electron chi connectivity index (χ2n) is 4.82. The molecule has 3 heteroatoms. The zero-order valence-corrected chi connectivity index (χ0v) is 12.8. The van der Waals surface area contributed by atoms with Gasteiger partial charge in [0.05, 0.1) is 6.04 Å². The fraction of sp³-hybridized carbons (Fsp3) is 0.375. The minimum Gasteiger partial charge on any atom is -0.377 e. The van der Waals surface area contributed by atoms with E-state index in [9.17, 15) is 0 Å². The van der Waals surface area contributed by atoms with Crippen LogP contribution in [0.2, 0.25) is 0 Å². The molecule has 0 bridgehead atoms. The van der Waals surface area contributed by atoms with Gasteiger partial charge in [0.2, 0.25) is 0 Å². The van der Waals surface area contributed by atoms with Gasteiger partial charge in [0.15, 0.2) is 0 Å². The molecule has 1 aromatic carbocycles.